The van der Waals surface area contributed by atoms with E-state index in [9.17, 15) is 0 Å². The SMILES string of the molecule is CCCCCCCCc1ccc2cc3cc[c]cc3cc2c1. The average Bonchev–Trinajstić information content (AvgIpc) is 2.56. The highest BCUT2D eigenvalue weighted by Crippen LogP contribution is 2.24. The Hall–Kier alpha value is -1.82. The van der Waals surface area contributed by atoms with Crippen LogP contribution in [0.4, 0.5) is 0 Å². The first-order valence-corrected chi connectivity index (χ1v) is 8.69. The van der Waals surface area contributed by atoms with Crippen molar-refractivity contribution < 1.29 is 0 Å². The van der Waals surface area contributed by atoms with Crippen LogP contribution in [0.15, 0.2) is 48.5 Å². The molecule has 0 bridgehead atoms. The maximum Gasteiger partial charge on any atom is -0.0171 e. The Morgan fingerprint density at radius 3 is 2.41 bits per heavy atom. The molecule has 0 aliphatic heterocycles. The summed E-state index contributed by atoms with van der Waals surface area (Å²) >= 11 is 0. The summed E-state index contributed by atoms with van der Waals surface area (Å²) in [7, 11) is 0. The molecule has 0 spiro atoms. The van der Waals surface area contributed by atoms with Gasteiger partial charge in [0.15, 0.2) is 0 Å². The van der Waals surface area contributed by atoms with Crippen molar-refractivity contribution in [2.75, 3.05) is 0 Å². The van der Waals surface area contributed by atoms with Gasteiger partial charge in [0.1, 0.15) is 0 Å². The highest BCUT2D eigenvalue weighted by molar-refractivity contribution is 5.98. The molecular formula is C22H25. The molecule has 0 heterocycles. The van der Waals surface area contributed by atoms with Gasteiger partial charge in [0.05, 0.1) is 0 Å². The monoisotopic (exact) mass is 289 g/mol. The first-order chi connectivity index (χ1) is 10.9. The van der Waals surface area contributed by atoms with Crippen molar-refractivity contribution in [2.45, 2.75) is 51.9 Å². The molecule has 113 valence electrons. The summed E-state index contributed by atoms with van der Waals surface area (Å²) in [4.78, 5) is 0. The fourth-order valence-corrected chi connectivity index (χ4v) is 3.19. The van der Waals surface area contributed by atoms with E-state index < -0.39 is 0 Å². The Balaban J connectivity index is 1.68. The lowest BCUT2D eigenvalue weighted by atomic mass is 9.99. The molecule has 0 amide bonds. The van der Waals surface area contributed by atoms with E-state index in [1.165, 1.54) is 72.1 Å². The summed E-state index contributed by atoms with van der Waals surface area (Å²) in [6.07, 6.45) is 9.40. The van der Waals surface area contributed by atoms with Crippen molar-refractivity contribution in [3.8, 4) is 0 Å². The Bertz CT molecular complexity index is 739. The van der Waals surface area contributed by atoms with Gasteiger partial charge in [-0.25, -0.2) is 0 Å². The summed E-state index contributed by atoms with van der Waals surface area (Å²) < 4.78 is 0. The van der Waals surface area contributed by atoms with Gasteiger partial charge in [0.2, 0.25) is 0 Å². The number of benzene rings is 3. The third-order valence-corrected chi connectivity index (χ3v) is 4.52. The Kier molecular flexibility index (Phi) is 5.11. The van der Waals surface area contributed by atoms with Gasteiger partial charge in [0.25, 0.3) is 0 Å². The summed E-state index contributed by atoms with van der Waals surface area (Å²) in [5.41, 5.74) is 1.47. The number of hydrogen-bond acceptors (Lipinski definition) is 0. The third-order valence-electron chi connectivity index (χ3n) is 4.52. The van der Waals surface area contributed by atoms with Gasteiger partial charge in [-0.2, -0.15) is 0 Å². The summed E-state index contributed by atoms with van der Waals surface area (Å²) in [5.74, 6) is 0. The number of hydrogen-bond donors (Lipinski definition) is 0. The molecule has 0 saturated carbocycles. The standard InChI is InChI=1S/C22H25/c1-2-3-4-5-6-7-10-18-13-14-21-16-19-11-8-9-12-20(19)17-22(21)15-18/h8,11-17H,2-7,10H2,1H3. The second-order valence-electron chi connectivity index (χ2n) is 6.32. The molecule has 0 fully saturated rings. The van der Waals surface area contributed by atoms with E-state index in [1.807, 2.05) is 6.07 Å². The van der Waals surface area contributed by atoms with Gasteiger partial charge >= 0.3 is 0 Å². The van der Waals surface area contributed by atoms with Crippen molar-refractivity contribution >= 4 is 21.5 Å². The predicted octanol–water partition coefficient (Wildman–Crippen LogP) is 6.70. The van der Waals surface area contributed by atoms with E-state index in [2.05, 4.69) is 55.5 Å². The van der Waals surface area contributed by atoms with Gasteiger partial charge in [-0.3, -0.25) is 0 Å². The fraction of sp³-hybridized carbons (Fsp3) is 0.364. The quantitative estimate of drug-likeness (QED) is 0.335. The van der Waals surface area contributed by atoms with Gasteiger partial charge in [0, 0.05) is 0 Å². The lowest BCUT2D eigenvalue weighted by molar-refractivity contribution is 0.607. The molecule has 1 radical (unpaired) electrons. The molecule has 3 aromatic rings. The van der Waals surface area contributed by atoms with Gasteiger partial charge in [-0.05, 0) is 64.2 Å². The zero-order chi connectivity index (χ0) is 15.2. The number of fused-ring (bicyclic) bond motifs is 2. The van der Waals surface area contributed by atoms with Gasteiger partial charge < -0.3 is 0 Å². The maximum atomic E-state index is 3.17. The van der Waals surface area contributed by atoms with Crippen molar-refractivity contribution in [1.82, 2.24) is 0 Å². The highest BCUT2D eigenvalue weighted by atomic mass is 14.0. The molecule has 0 heteroatoms. The number of rotatable bonds is 7. The van der Waals surface area contributed by atoms with Crippen molar-refractivity contribution in [2.24, 2.45) is 0 Å². The van der Waals surface area contributed by atoms with E-state index in [4.69, 9.17) is 0 Å². The smallest absolute Gasteiger partial charge is 0.0171 e. The molecule has 0 saturated heterocycles. The van der Waals surface area contributed by atoms with Crippen LogP contribution >= 0.6 is 0 Å². The molecule has 0 nitrogen and oxygen atoms in total. The van der Waals surface area contributed by atoms with Crippen LogP contribution in [-0.2, 0) is 6.42 Å². The van der Waals surface area contributed by atoms with E-state index in [0.29, 0.717) is 0 Å². The van der Waals surface area contributed by atoms with Gasteiger partial charge in [-0.1, -0.05) is 69.4 Å². The van der Waals surface area contributed by atoms with Crippen LogP contribution in [0.25, 0.3) is 21.5 Å². The molecule has 0 atom stereocenters. The molecule has 3 rings (SSSR count). The molecular weight excluding hydrogens is 264 g/mol. The van der Waals surface area contributed by atoms with Crippen LogP contribution in [0.1, 0.15) is 51.0 Å². The second-order valence-corrected chi connectivity index (χ2v) is 6.32. The first-order valence-electron chi connectivity index (χ1n) is 8.69. The topological polar surface area (TPSA) is 0 Å². The Morgan fingerprint density at radius 2 is 1.50 bits per heavy atom. The van der Waals surface area contributed by atoms with Crippen molar-refractivity contribution in [3.05, 3.63) is 60.2 Å². The second kappa shape index (κ2) is 7.45. The molecule has 3 aromatic carbocycles. The minimum Gasteiger partial charge on any atom is -0.0654 e. The van der Waals surface area contributed by atoms with E-state index >= 15 is 0 Å². The minimum absolute atomic E-state index is 1.21. The van der Waals surface area contributed by atoms with Crippen LogP contribution in [0.3, 0.4) is 0 Å². The molecule has 22 heavy (non-hydrogen) atoms. The molecule has 0 aliphatic rings. The van der Waals surface area contributed by atoms with Crippen LogP contribution in [0, 0.1) is 6.07 Å². The summed E-state index contributed by atoms with van der Waals surface area (Å²) in [5, 5.41) is 5.28. The molecule has 0 unspecified atom stereocenters. The van der Waals surface area contributed by atoms with Crippen LogP contribution < -0.4 is 0 Å². The van der Waals surface area contributed by atoms with E-state index in [-0.39, 0.29) is 0 Å². The number of aryl methyl sites for hydroxylation is 1. The zero-order valence-electron chi connectivity index (χ0n) is 13.6. The summed E-state index contributed by atoms with van der Waals surface area (Å²) in [6, 6.07) is 20.9. The maximum absolute atomic E-state index is 3.17. The van der Waals surface area contributed by atoms with Crippen LogP contribution in [-0.4, -0.2) is 0 Å². The minimum atomic E-state index is 1.21. The normalized spacial score (nSPS) is 11.3. The third kappa shape index (κ3) is 3.68. The number of unbranched alkanes of at least 4 members (excludes halogenated alkanes) is 5. The van der Waals surface area contributed by atoms with E-state index in [0.717, 1.165) is 0 Å². The van der Waals surface area contributed by atoms with E-state index in [1.54, 1.807) is 0 Å². The lowest BCUT2D eigenvalue weighted by Crippen LogP contribution is -1.87. The fourth-order valence-electron chi connectivity index (χ4n) is 3.19. The van der Waals surface area contributed by atoms with Crippen molar-refractivity contribution in [1.29, 1.82) is 0 Å². The highest BCUT2D eigenvalue weighted by Gasteiger charge is 2.00. The zero-order valence-corrected chi connectivity index (χ0v) is 13.6. The molecule has 0 N–H and O–H groups in total. The molecule has 0 aliphatic carbocycles. The molecule has 0 aromatic heterocycles. The Labute approximate surface area is 134 Å². The van der Waals surface area contributed by atoms with Crippen LogP contribution in [0.2, 0.25) is 0 Å². The lowest BCUT2D eigenvalue weighted by Gasteiger charge is -2.06. The van der Waals surface area contributed by atoms with Crippen LogP contribution in [0.5, 0.6) is 0 Å². The largest absolute Gasteiger partial charge is 0.0654 e. The first kappa shape index (κ1) is 15.1. The predicted molar refractivity (Wildman–Crippen MR) is 97.4 cm³/mol. The van der Waals surface area contributed by atoms with Gasteiger partial charge in [-0.15, -0.1) is 0 Å². The average molecular weight is 289 g/mol. The summed E-state index contributed by atoms with van der Waals surface area (Å²) in [6.45, 7) is 2.27. The Morgan fingerprint density at radius 1 is 0.727 bits per heavy atom. The van der Waals surface area contributed by atoms with Crippen molar-refractivity contribution in [3.63, 3.8) is 0 Å².